The van der Waals surface area contributed by atoms with Crippen LogP contribution in [0.1, 0.15) is 217 Å². The summed E-state index contributed by atoms with van der Waals surface area (Å²) in [6, 6.07) is 9.76. The Bertz CT molecular complexity index is 1680. The van der Waals surface area contributed by atoms with Gasteiger partial charge in [-0.2, -0.15) is 23.5 Å². The number of hydrogen-bond acceptors (Lipinski definition) is 4. The molecule has 0 amide bonds. The molecule has 6 atom stereocenters. The highest BCUT2D eigenvalue weighted by atomic mass is 32.2. The van der Waals surface area contributed by atoms with Crippen molar-refractivity contribution in [1.29, 1.82) is 0 Å². The van der Waals surface area contributed by atoms with Crippen molar-refractivity contribution in [2.45, 2.75) is 227 Å². The van der Waals surface area contributed by atoms with Gasteiger partial charge in [0.25, 0.3) is 0 Å². The van der Waals surface area contributed by atoms with Gasteiger partial charge in [0.15, 0.2) is 0 Å². The molecule has 8 bridgehead atoms. The number of thioether (sulfide) groups is 2. The fourth-order valence-electron chi connectivity index (χ4n) is 15.8. The molecule has 0 radical (unpaired) electrons. The minimum atomic E-state index is 0.0426. The molecule has 9 fully saturated rings. The van der Waals surface area contributed by atoms with Gasteiger partial charge in [0, 0.05) is 55.1 Å². The summed E-state index contributed by atoms with van der Waals surface area (Å²) in [5, 5.41) is 26.0. The first-order valence-corrected chi connectivity index (χ1v) is 26.5. The Morgan fingerprint density at radius 1 is 0.534 bits per heavy atom. The molecule has 2 nitrogen and oxygen atoms in total. The molecule has 320 valence electrons. The molecular weight excluding hydrogens is 745 g/mol. The molecular formula is C54H80O2S2. The Balaban J connectivity index is 0.990. The lowest BCUT2D eigenvalue weighted by Crippen LogP contribution is -2.53. The second-order valence-corrected chi connectivity index (χ2v) is 26.9. The molecule has 2 N–H and O–H groups in total. The van der Waals surface area contributed by atoms with Gasteiger partial charge in [0.05, 0.1) is 0 Å². The zero-order valence-electron chi connectivity index (χ0n) is 38.0. The zero-order valence-corrected chi connectivity index (χ0v) is 39.7. The number of phenolic OH excluding ortho intramolecular Hbond substituents is 2. The molecule has 9 aliphatic rings. The Kier molecular flexibility index (Phi) is 11.0. The fourth-order valence-corrected chi connectivity index (χ4v) is 18.9. The molecule has 4 heteroatoms. The highest BCUT2D eigenvalue weighted by Gasteiger charge is 2.59. The van der Waals surface area contributed by atoms with Gasteiger partial charge in [-0.3, -0.25) is 0 Å². The largest absolute Gasteiger partial charge is 0.507 e. The van der Waals surface area contributed by atoms with Gasteiger partial charge >= 0.3 is 0 Å². The fraction of sp³-hybridized carbons (Fsp3) is 0.778. The molecule has 0 heterocycles. The summed E-state index contributed by atoms with van der Waals surface area (Å²) in [6.07, 6.45) is 26.6. The van der Waals surface area contributed by atoms with Crippen LogP contribution in [-0.4, -0.2) is 20.7 Å². The molecule has 58 heavy (non-hydrogen) atoms. The summed E-state index contributed by atoms with van der Waals surface area (Å²) < 4.78 is 0. The van der Waals surface area contributed by atoms with Crippen molar-refractivity contribution in [1.82, 2.24) is 0 Å². The van der Waals surface area contributed by atoms with Gasteiger partial charge < -0.3 is 10.2 Å². The second-order valence-electron chi connectivity index (χ2n) is 24.4. The van der Waals surface area contributed by atoms with Crippen molar-refractivity contribution in [3.8, 4) is 11.5 Å². The zero-order chi connectivity index (χ0) is 40.9. The van der Waals surface area contributed by atoms with Gasteiger partial charge in [-0.25, -0.2) is 0 Å². The van der Waals surface area contributed by atoms with Crippen LogP contribution in [0.15, 0.2) is 24.3 Å². The topological polar surface area (TPSA) is 40.5 Å². The van der Waals surface area contributed by atoms with E-state index < -0.39 is 0 Å². The van der Waals surface area contributed by atoms with E-state index in [2.05, 4.69) is 103 Å². The van der Waals surface area contributed by atoms with Crippen molar-refractivity contribution in [2.24, 2.45) is 34.5 Å². The lowest BCUT2D eigenvalue weighted by molar-refractivity contribution is -0.0746. The smallest absolute Gasteiger partial charge is 0.123 e. The number of rotatable bonds is 10. The molecule has 9 aliphatic carbocycles. The Hall–Kier alpha value is -1.26. The van der Waals surface area contributed by atoms with E-state index in [4.69, 9.17) is 0 Å². The van der Waals surface area contributed by atoms with Gasteiger partial charge in [0.2, 0.25) is 0 Å². The van der Waals surface area contributed by atoms with Gasteiger partial charge in [-0.15, -0.1) is 0 Å². The maximum atomic E-state index is 12.5. The van der Waals surface area contributed by atoms with E-state index in [0.29, 0.717) is 32.8 Å². The van der Waals surface area contributed by atoms with Crippen LogP contribution < -0.4 is 0 Å². The van der Waals surface area contributed by atoms with Crippen molar-refractivity contribution >= 4 is 23.5 Å². The second kappa shape index (κ2) is 15.2. The van der Waals surface area contributed by atoms with Crippen molar-refractivity contribution in [2.75, 3.05) is 0 Å². The predicted octanol–water partition coefficient (Wildman–Crippen LogP) is 15.4. The SMILES string of the molecule is CCC12CC3CC(C1)CC(c1cc(C(C)(C)C)cc(CSC4CCCCCC[C@@H]4SCc4cc(C(C)(C)C)cc(C56CC7CC(CC(CC)(C7)C5)C6)c4O)c1O)(C3)C2. The maximum absolute atomic E-state index is 12.5. The lowest BCUT2D eigenvalue weighted by atomic mass is 9.42. The van der Waals surface area contributed by atoms with E-state index >= 15 is 0 Å². The first-order chi connectivity index (χ1) is 27.5. The summed E-state index contributed by atoms with van der Waals surface area (Å²) in [5.74, 6) is 6.43. The summed E-state index contributed by atoms with van der Waals surface area (Å²) in [7, 11) is 0. The average Bonchev–Trinajstić information content (AvgIpc) is 3.13. The van der Waals surface area contributed by atoms with Gasteiger partial charge in [-0.1, -0.05) is 118 Å². The van der Waals surface area contributed by atoms with E-state index in [1.807, 2.05) is 0 Å². The van der Waals surface area contributed by atoms with Crippen LogP contribution in [0.4, 0.5) is 0 Å². The van der Waals surface area contributed by atoms with E-state index in [0.717, 1.165) is 35.2 Å². The van der Waals surface area contributed by atoms with Crippen molar-refractivity contribution in [3.05, 3.63) is 57.6 Å². The third-order valence-electron chi connectivity index (χ3n) is 18.2. The van der Waals surface area contributed by atoms with E-state index in [9.17, 15) is 10.2 Å². The quantitative estimate of drug-likeness (QED) is 0.250. The molecule has 2 aromatic rings. The number of hydrogen-bond donors (Lipinski definition) is 2. The highest BCUT2D eigenvalue weighted by Crippen LogP contribution is 2.69. The number of phenols is 2. The molecule has 5 unspecified atom stereocenters. The Labute approximate surface area is 363 Å². The van der Waals surface area contributed by atoms with E-state index in [1.54, 1.807) is 0 Å². The van der Waals surface area contributed by atoms with Crippen LogP contribution in [0.3, 0.4) is 0 Å². The number of aromatic hydroxyl groups is 2. The van der Waals surface area contributed by atoms with Gasteiger partial charge in [0.1, 0.15) is 11.5 Å². The summed E-state index contributed by atoms with van der Waals surface area (Å²) in [5.41, 5.74) is 9.21. The van der Waals surface area contributed by atoms with Crippen molar-refractivity contribution < 1.29 is 10.2 Å². The summed E-state index contributed by atoms with van der Waals surface area (Å²) >= 11 is 4.30. The molecule has 0 saturated heterocycles. The summed E-state index contributed by atoms with van der Waals surface area (Å²) in [6.45, 7) is 19.1. The molecule has 0 aromatic heterocycles. The standard InChI is InChI=1S/C54H80O2S2/c1-9-51-23-35-17-36(24-51)28-53(27-35,33-51)43-21-41(49(3,4)5)19-39(47(43)55)31-57-45-15-13-11-12-14-16-46(45)58-32-40-20-42(50(6,7)8)22-44(48(40)56)54-29-37-18-38(30-54)26-52(10-2,25-37)34-54/h19-22,35-38,45-46,55-56H,9-18,23-34H2,1-8H3/t35?,36?,37?,38?,45-,46?,51?,52?,53?,54?/m0/s1. The van der Waals surface area contributed by atoms with Crippen LogP contribution in [0.2, 0.25) is 0 Å². The molecule has 2 aromatic carbocycles. The Morgan fingerprint density at radius 3 is 1.22 bits per heavy atom. The van der Waals surface area contributed by atoms with Gasteiger partial charge in [-0.05, 0) is 146 Å². The van der Waals surface area contributed by atoms with E-state index in [1.165, 1.54) is 162 Å². The third-order valence-corrected chi connectivity index (χ3v) is 21.3. The maximum Gasteiger partial charge on any atom is 0.123 e. The van der Waals surface area contributed by atoms with Crippen LogP contribution >= 0.6 is 23.5 Å². The third kappa shape index (κ3) is 7.65. The van der Waals surface area contributed by atoms with E-state index in [-0.39, 0.29) is 21.7 Å². The molecule has 0 spiro atoms. The van der Waals surface area contributed by atoms with Crippen LogP contribution in [0.5, 0.6) is 11.5 Å². The highest BCUT2D eigenvalue weighted by molar-refractivity contribution is 8.03. The predicted molar refractivity (Wildman–Crippen MR) is 250 cm³/mol. The minimum absolute atomic E-state index is 0.0426. The first-order valence-electron chi connectivity index (χ1n) is 24.4. The average molecular weight is 825 g/mol. The minimum Gasteiger partial charge on any atom is -0.507 e. The molecule has 9 saturated carbocycles. The Morgan fingerprint density at radius 2 is 0.897 bits per heavy atom. The first kappa shape index (κ1) is 42.1. The van der Waals surface area contributed by atoms with Crippen LogP contribution in [0.25, 0.3) is 0 Å². The molecule has 11 rings (SSSR count). The van der Waals surface area contributed by atoms with Crippen LogP contribution in [-0.2, 0) is 33.2 Å². The molecule has 0 aliphatic heterocycles. The number of benzene rings is 2. The van der Waals surface area contributed by atoms with Crippen LogP contribution in [0, 0.1) is 34.5 Å². The normalized spacial score (nSPS) is 38.3. The lowest BCUT2D eigenvalue weighted by Gasteiger charge is -2.62. The summed E-state index contributed by atoms with van der Waals surface area (Å²) in [4.78, 5) is 0. The van der Waals surface area contributed by atoms with Crippen molar-refractivity contribution in [3.63, 3.8) is 0 Å². The monoisotopic (exact) mass is 825 g/mol.